The third-order valence-electron chi connectivity index (χ3n) is 6.08. The van der Waals surface area contributed by atoms with Crippen molar-refractivity contribution < 1.29 is 13.2 Å². The Morgan fingerprint density at radius 1 is 1.17 bits per heavy atom. The van der Waals surface area contributed by atoms with Gasteiger partial charge >= 0.3 is 0 Å². The van der Waals surface area contributed by atoms with Gasteiger partial charge in [0.15, 0.2) is 0 Å². The van der Waals surface area contributed by atoms with E-state index in [1.807, 2.05) is 46.9 Å². The number of hydrogen-bond acceptors (Lipinski definition) is 7. The Morgan fingerprint density at radius 2 is 1.97 bits per heavy atom. The maximum atomic E-state index is 13.1. The first-order chi connectivity index (χ1) is 16.8. The molecule has 0 bridgehead atoms. The molecular formula is C23H23ClN6O3S2. The Bertz CT molecular complexity index is 1450. The van der Waals surface area contributed by atoms with E-state index < -0.39 is 10.0 Å². The summed E-state index contributed by atoms with van der Waals surface area (Å²) in [7, 11) is -3.73. The van der Waals surface area contributed by atoms with E-state index in [9.17, 15) is 13.2 Å². The molecule has 0 radical (unpaired) electrons. The van der Waals surface area contributed by atoms with Gasteiger partial charge in [-0.05, 0) is 54.8 Å². The summed E-state index contributed by atoms with van der Waals surface area (Å²) in [4.78, 5) is 21.2. The zero-order chi connectivity index (χ0) is 24.6. The number of aromatic nitrogens is 3. The standard InChI is InChI=1S/C23H23ClN6O3S2/c1-16-13-28(19-4-6-20(7-5-19)35(32,33)27-23-25-15-26-34-23)10-11-30(16)22(31)14-29-9-8-17-2-3-18(24)12-21(17)29/h2-9,12,15-16H,10-11,13-14H2,1H3,(H,25,26,27)/t16-/m1/s1. The van der Waals surface area contributed by atoms with Gasteiger partial charge in [-0.3, -0.25) is 9.52 Å². The van der Waals surface area contributed by atoms with Crippen LogP contribution in [-0.4, -0.2) is 58.8 Å². The molecule has 2 aromatic carbocycles. The van der Waals surface area contributed by atoms with Crippen molar-refractivity contribution in [1.29, 1.82) is 0 Å². The zero-order valence-corrected chi connectivity index (χ0v) is 21.2. The van der Waals surface area contributed by atoms with E-state index in [0.717, 1.165) is 28.1 Å². The molecule has 3 heterocycles. The maximum Gasteiger partial charge on any atom is 0.263 e. The average Bonchev–Trinajstić information content (AvgIpc) is 3.48. The Hall–Kier alpha value is -3.15. The molecular weight excluding hydrogens is 508 g/mol. The molecule has 1 atom stereocenters. The quantitative estimate of drug-likeness (QED) is 0.408. The molecule has 182 valence electrons. The molecule has 35 heavy (non-hydrogen) atoms. The lowest BCUT2D eigenvalue weighted by atomic mass is 10.1. The van der Waals surface area contributed by atoms with Gasteiger partial charge in [-0.2, -0.15) is 4.37 Å². The fourth-order valence-corrected chi connectivity index (χ4v) is 6.15. The van der Waals surface area contributed by atoms with Crippen molar-refractivity contribution in [2.45, 2.75) is 24.4 Å². The van der Waals surface area contributed by atoms with E-state index in [1.54, 1.807) is 24.3 Å². The summed E-state index contributed by atoms with van der Waals surface area (Å²) in [5, 5.41) is 1.91. The van der Waals surface area contributed by atoms with Crippen molar-refractivity contribution in [3.63, 3.8) is 0 Å². The van der Waals surface area contributed by atoms with E-state index in [0.29, 0.717) is 24.7 Å². The second-order valence-electron chi connectivity index (χ2n) is 8.37. The maximum absolute atomic E-state index is 13.1. The number of sulfonamides is 1. The highest BCUT2D eigenvalue weighted by Gasteiger charge is 2.28. The highest BCUT2D eigenvalue weighted by Crippen LogP contribution is 2.24. The van der Waals surface area contributed by atoms with Gasteiger partial charge in [0, 0.05) is 59.6 Å². The van der Waals surface area contributed by atoms with Crippen molar-refractivity contribution in [3.8, 4) is 0 Å². The van der Waals surface area contributed by atoms with Crippen LogP contribution in [0.25, 0.3) is 10.9 Å². The van der Waals surface area contributed by atoms with Gasteiger partial charge in [-0.15, -0.1) is 0 Å². The van der Waals surface area contributed by atoms with Crippen LogP contribution in [0.1, 0.15) is 6.92 Å². The van der Waals surface area contributed by atoms with Gasteiger partial charge in [-0.25, -0.2) is 13.4 Å². The van der Waals surface area contributed by atoms with Gasteiger partial charge in [0.05, 0.1) is 4.90 Å². The minimum absolute atomic E-state index is 0.00384. The van der Waals surface area contributed by atoms with Crippen LogP contribution in [0, 0.1) is 0 Å². The lowest BCUT2D eigenvalue weighted by Gasteiger charge is -2.41. The van der Waals surface area contributed by atoms with Crippen LogP contribution < -0.4 is 9.62 Å². The number of piperazine rings is 1. The fraction of sp³-hybridized carbons (Fsp3) is 0.261. The smallest absolute Gasteiger partial charge is 0.263 e. The number of hydrogen-bond donors (Lipinski definition) is 1. The highest BCUT2D eigenvalue weighted by molar-refractivity contribution is 7.93. The van der Waals surface area contributed by atoms with Gasteiger partial charge < -0.3 is 14.4 Å². The SMILES string of the molecule is C[C@@H]1CN(c2ccc(S(=O)(=O)Nc3ncns3)cc2)CCN1C(=O)Cn1ccc2ccc(Cl)cc21. The molecule has 2 aromatic heterocycles. The van der Waals surface area contributed by atoms with Crippen molar-refractivity contribution in [1.82, 2.24) is 18.8 Å². The Morgan fingerprint density at radius 3 is 2.69 bits per heavy atom. The predicted molar refractivity (Wildman–Crippen MR) is 137 cm³/mol. The monoisotopic (exact) mass is 530 g/mol. The number of carbonyl (C=O) groups is 1. The minimum atomic E-state index is -3.73. The molecule has 1 fully saturated rings. The molecule has 4 aromatic rings. The summed E-state index contributed by atoms with van der Waals surface area (Å²) >= 11 is 7.12. The molecule has 1 aliphatic heterocycles. The largest absolute Gasteiger partial charge is 0.368 e. The fourth-order valence-electron chi connectivity index (χ4n) is 4.32. The van der Waals surface area contributed by atoms with Crippen LogP contribution in [0.2, 0.25) is 5.02 Å². The van der Waals surface area contributed by atoms with Gasteiger partial charge in [-0.1, -0.05) is 17.7 Å². The van der Waals surface area contributed by atoms with Crippen molar-refractivity contribution in [3.05, 3.63) is 66.1 Å². The Balaban J connectivity index is 1.23. The third-order valence-corrected chi connectivity index (χ3v) is 8.38. The first-order valence-corrected chi connectivity index (χ1v) is 13.6. The van der Waals surface area contributed by atoms with E-state index in [4.69, 9.17) is 11.6 Å². The molecule has 0 saturated carbocycles. The molecule has 0 spiro atoms. The Kier molecular flexibility index (Phi) is 6.39. The minimum Gasteiger partial charge on any atom is -0.368 e. The second-order valence-corrected chi connectivity index (χ2v) is 11.3. The Labute approximate surface area is 212 Å². The molecule has 12 heteroatoms. The number of nitrogens with zero attached hydrogens (tertiary/aromatic N) is 5. The van der Waals surface area contributed by atoms with Crippen molar-refractivity contribution in [2.24, 2.45) is 0 Å². The number of carbonyl (C=O) groups excluding carboxylic acids is 1. The van der Waals surface area contributed by atoms with Crippen LogP contribution in [0.3, 0.4) is 0 Å². The summed E-state index contributed by atoms with van der Waals surface area (Å²) in [6.45, 7) is 4.17. The van der Waals surface area contributed by atoms with Crippen LogP contribution in [0.15, 0.2) is 66.0 Å². The summed E-state index contributed by atoms with van der Waals surface area (Å²) in [6, 6.07) is 14.4. The molecule has 9 nitrogen and oxygen atoms in total. The summed E-state index contributed by atoms with van der Waals surface area (Å²) in [6.07, 6.45) is 3.21. The van der Waals surface area contributed by atoms with Crippen LogP contribution in [0.4, 0.5) is 10.8 Å². The molecule has 1 aliphatic rings. The van der Waals surface area contributed by atoms with E-state index >= 15 is 0 Å². The number of amides is 1. The summed E-state index contributed by atoms with van der Waals surface area (Å²) < 4.78 is 33.2. The molecule has 0 aliphatic carbocycles. The van der Waals surface area contributed by atoms with Crippen LogP contribution in [0.5, 0.6) is 0 Å². The summed E-state index contributed by atoms with van der Waals surface area (Å²) in [5.41, 5.74) is 1.85. The van der Waals surface area contributed by atoms with Crippen LogP contribution >= 0.6 is 23.1 Å². The number of anilines is 2. The van der Waals surface area contributed by atoms with Gasteiger partial charge in [0.2, 0.25) is 11.0 Å². The van der Waals surface area contributed by atoms with Crippen molar-refractivity contribution >= 4 is 60.8 Å². The average molecular weight is 531 g/mol. The first kappa shape index (κ1) is 23.6. The topological polar surface area (TPSA) is 100 Å². The molecule has 1 amide bonds. The van der Waals surface area contributed by atoms with Crippen LogP contribution in [-0.2, 0) is 21.4 Å². The number of rotatable bonds is 6. The molecule has 1 N–H and O–H groups in total. The zero-order valence-electron chi connectivity index (χ0n) is 18.8. The van der Waals surface area contributed by atoms with Crippen molar-refractivity contribution in [2.75, 3.05) is 29.3 Å². The third kappa shape index (κ3) is 4.97. The second kappa shape index (κ2) is 9.48. The highest BCUT2D eigenvalue weighted by atomic mass is 35.5. The number of halogens is 1. The lowest BCUT2D eigenvalue weighted by Crippen LogP contribution is -2.54. The number of benzene rings is 2. The lowest BCUT2D eigenvalue weighted by molar-refractivity contribution is -0.134. The van der Waals surface area contributed by atoms with E-state index in [-0.39, 0.29) is 28.5 Å². The van der Waals surface area contributed by atoms with Gasteiger partial charge in [0.1, 0.15) is 12.9 Å². The normalized spacial score (nSPS) is 16.6. The number of fused-ring (bicyclic) bond motifs is 1. The summed E-state index contributed by atoms with van der Waals surface area (Å²) in [5.74, 6) is 0.0545. The predicted octanol–water partition coefficient (Wildman–Crippen LogP) is 3.68. The van der Waals surface area contributed by atoms with E-state index in [2.05, 4.69) is 19.0 Å². The first-order valence-electron chi connectivity index (χ1n) is 11.0. The van der Waals surface area contributed by atoms with Gasteiger partial charge in [0.25, 0.3) is 10.0 Å². The molecule has 0 unspecified atom stereocenters. The number of nitrogens with one attached hydrogen (secondary N) is 1. The molecule has 5 rings (SSSR count). The molecule has 1 saturated heterocycles. The van der Waals surface area contributed by atoms with E-state index in [1.165, 1.54) is 6.33 Å².